The molecule has 2 rings (SSSR count). The van der Waals surface area contributed by atoms with Crippen molar-refractivity contribution in [3.05, 3.63) is 54.1 Å². The van der Waals surface area contributed by atoms with Crippen molar-refractivity contribution in [1.82, 2.24) is 0 Å². The summed E-state index contributed by atoms with van der Waals surface area (Å²) >= 11 is 1.59. The van der Waals surface area contributed by atoms with Crippen LogP contribution in [0.1, 0.15) is 31.1 Å². The van der Waals surface area contributed by atoms with Crippen LogP contribution in [0.5, 0.6) is 5.75 Å². The third-order valence-electron chi connectivity index (χ3n) is 3.13. The second-order valence-corrected chi connectivity index (χ2v) is 6.27. The lowest BCUT2D eigenvalue weighted by Gasteiger charge is -2.06. The largest absolute Gasteiger partial charge is 0.494 e. The predicted octanol–water partition coefficient (Wildman–Crippen LogP) is 4.36. The molecule has 0 fully saturated rings. The number of carbonyl (C=O) groups is 2. The van der Waals surface area contributed by atoms with Crippen molar-refractivity contribution in [3.8, 4) is 5.75 Å². The van der Waals surface area contributed by atoms with Gasteiger partial charge in [0, 0.05) is 22.3 Å². The van der Waals surface area contributed by atoms with Gasteiger partial charge in [0.15, 0.2) is 0 Å². The second kappa shape index (κ2) is 9.03. The highest BCUT2D eigenvalue weighted by molar-refractivity contribution is 7.99. The van der Waals surface area contributed by atoms with Crippen LogP contribution in [0.25, 0.3) is 0 Å². The zero-order valence-electron chi connectivity index (χ0n) is 14.3. The number of benzene rings is 2. The van der Waals surface area contributed by atoms with Gasteiger partial charge in [-0.25, -0.2) is 4.79 Å². The van der Waals surface area contributed by atoms with E-state index in [0.717, 1.165) is 15.5 Å². The number of ether oxygens (including phenoxy) is 1. The fraction of sp³-hybridized carbons (Fsp3) is 0.211. The monoisotopic (exact) mass is 357 g/mol. The van der Waals surface area contributed by atoms with Crippen molar-refractivity contribution in [2.75, 3.05) is 6.61 Å². The topological polar surface area (TPSA) is 65.0 Å². The van der Waals surface area contributed by atoms with Crippen LogP contribution in [0.4, 0.5) is 0 Å². The molecular weight excluding hydrogens is 338 g/mol. The van der Waals surface area contributed by atoms with E-state index in [-0.39, 0.29) is 11.5 Å². The van der Waals surface area contributed by atoms with Gasteiger partial charge in [0.1, 0.15) is 11.5 Å². The molecule has 5 nitrogen and oxygen atoms in total. The SMILES string of the molecule is CCOc1ccc(Sc2ccc(C(=O)/C(C)=N/OC(C)=O)cc2)cc1. The summed E-state index contributed by atoms with van der Waals surface area (Å²) in [6, 6.07) is 15.0. The smallest absolute Gasteiger partial charge is 0.331 e. The van der Waals surface area contributed by atoms with Crippen molar-refractivity contribution < 1.29 is 19.2 Å². The minimum Gasteiger partial charge on any atom is -0.494 e. The molecule has 0 atom stereocenters. The van der Waals surface area contributed by atoms with Gasteiger partial charge in [-0.05, 0) is 62.4 Å². The zero-order valence-corrected chi connectivity index (χ0v) is 15.1. The molecule has 0 saturated heterocycles. The highest BCUT2D eigenvalue weighted by Crippen LogP contribution is 2.29. The van der Waals surface area contributed by atoms with E-state index < -0.39 is 5.97 Å². The molecule has 0 N–H and O–H groups in total. The molecule has 2 aromatic rings. The third kappa shape index (κ3) is 5.76. The lowest BCUT2D eigenvalue weighted by molar-refractivity contribution is -0.140. The summed E-state index contributed by atoms with van der Waals surface area (Å²) in [6.07, 6.45) is 0. The first-order valence-electron chi connectivity index (χ1n) is 7.77. The molecule has 0 saturated carbocycles. The summed E-state index contributed by atoms with van der Waals surface area (Å²) in [6.45, 7) is 5.33. The number of hydrogen-bond acceptors (Lipinski definition) is 6. The van der Waals surface area contributed by atoms with Gasteiger partial charge in [0.05, 0.1) is 6.61 Å². The van der Waals surface area contributed by atoms with E-state index in [9.17, 15) is 9.59 Å². The first-order chi connectivity index (χ1) is 12.0. The number of ketones is 1. The van der Waals surface area contributed by atoms with Gasteiger partial charge in [-0.3, -0.25) is 4.79 Å². The van der Waals surface area contributed by atoms with Crippen molar-refractivity contribution >= 4 is 29.2 Å². The molecule has 0 aromatic heterocycles. The minimum absolute atomic E-state index is 0.127. The van der Waals surface area contributed by atoms with Gasteiger partial charge in [-0.1, -0.05) is 16.9 Å². The summed E-state index contributed by atoms with van der Waals surface area (Å²) in [5.41, 5.74) is 0.617. The molecule has 0 heterocycles. The fourth-order valence-electron chi connectivity index (χ4n) is 1.96. The van der Waals surface area contributed by atoms with Crippen LogP contribution < -0.4 is 4.74 Å². The molecule has 0 aliphatic carbocycles. The van der Waals surface area contributed by atoms with Gasteiger partial charge in [0.25, 0.3) is 0 Å². The van der Waals surface area contributed by atoms with E-state index in [4.69, 9.17) is 4.74 Å². The van der Waals surface area contributed by atoms with Crippen molar-refractivity contribution in [1.29, 1.82) is 0 Å². The Morgan fingerprint density at radius 2 is 1.52 bits per heavy atom. The number of oxime groups is 1. The van der Waals surface area contributed by atoms with E-state index in [1.165, 1.54) is 13.8 Å². The summed E-state index contributed by atoms with van der Waals surface area (Å²) in [5.74, 6) is 0.00320. The number of carbonyl (C=O) groups excluding carboxylic acids is 2. The van der Waals surface area contributed by atoms with Crippen molar-refractivity contribution in [3.63, 3.8) is 0 Å². The summed E-state index contributed by atoms with van der Waals surface area (Å²) in [7, 11) is 0. The molecule has 0 spiro atoms. The van der Waals surface area contributed by atoms with Crippen LogP contribution >= 0.6 is 11.8 Å². The first kappa shape index (κ1) is 18.7. The van der Waals surface area contributed by atoms with Gasteiger partial charge in [-0.2, -0.15) is 0 Å². The van der Waals surface area contributed by atoms with E-state index in [2.05, 4.69) is 9.99 Å². The molecule has 0 aliphatic rings. The van der Waals surface area contributed by atoms with Crippen LogP contribution in [0.3, 0.4) is 0 Å². The summed E-state index contributed by atoms with van der Waals surface area (Å²) in [5, 5.41) is 3.51. The Labute approximate surface area is 151 Å². The number of rotatable bonds is 7. The van der Waals surface area contributed by atoms with Gasteiger partial charge >= 0.3 is 5.97 Å². The van der Waals surface area contributed by atoms with E-state index in [1.807, 2.05) is 43.3 Å². The van der Waals surface area contributed by atoms with Gasteiger partial charge in [0.2, 0.25) is 5.78 Å². The number of nitrogens with zero attached hydrogens (tertiary/aromatic N) is 1. The van der Waals surface area contributed by atoms with E-state index in [0.29, 0.717) is 12.2 Å². The minimum atomic E-state index is -0.561. The molecule has 130 valence electrons. The molecule has 6 heteroatoms. The zero-order chi connectivity index (χ0) is 18.2. The van der Waals surface area contributed by atoms with E-state index in [1.54, 1.807) is 23.9 Å². The first-order valence-corrected chi connectivity index (χ1v) is 8.59. The van der Waals surface area contributed by atoms with Crippen molar-refractivity contribution in [2.45, 2.75) is 30.6 Å². The Morgan fingerprint density at radius 3 is 2.04 bits per heavy atom. The van der Waals surface area contributed by atoms with Crippen LogP contribution in [-0.2, 0) is 9.63 Å². The normalized spacial score (nSPS) is 11.1. The molecule has 0 bridgehead atoms. The summed E-state index contributed by atoms with van der Waals surface area (Å²) in [4.78, 5) is 29.5. The standard InChI is InChI=1S/C19H19NO4S/c1-4-23-16-7-11-18(12-8-16)25-17-9-5-15(6-10-17)19(22)13(2)20-24-14(3)21/h5-12H,4H2,1-3H3/b20-13+. The molecule has 0 radical (unpaired) electrons. The maximum atomic E-state index is 12.2. The third-order valence-corrected chi connectivity index (χ3v) is 4.14. The maximum Gasteiger partial charge on any atom is 0.331 e. The van der Waals surface area contributed by atoms with Gasteiger partial charge < -0.3 is 9.57 Å². The molecule has 0 unspecified atom stereocenters. The lowest BCUT2D eigenvalue weighted by atomic mass is 10.1. The lowest BCUT2D eigenvalue weighted by Crippen LogP contribution is -2.11. The van der Waals surface area contributed by atoms with Gasteiger partial charge in [-0.15, -0.1) is 0 Å². The predicted molar refractivity (Wildman–Crippen MR) is 97.4 cm³/mol. The Morgan fingerprint density at radius 1 is 0.960 bits per heavy atom. The fourth-order valence-corrected chi connectivity index (χ4v) is 2.78. The van der Waals surface area contributed by atoms with E-state index >= 15 is 0 Å². The summed E-state index contributed by atoms with van der Waals surface area (Å²) < 4.78 is 5.42. The Kier molecular flexibility index (Phi) is 6.77. The average molecular weight is 357 g/mol. The highest BCUT2D eigenvalue weighted by atomic mass is 32.2. The molecule has 0 amide bonds. The molecule has 25 heavy (non-hydrogen) atoms. The van der Waals surface area contributed by atoms with Crippen LogP contribution in [0, 0.1) is 0 Å². The quantitative estimate of drug-likeness (QED) is 0.319. The van der Waals surface area contributed by atoms with Crippen LogP contribution in [0.15, 0.2) is 63.5 Å². The Hall–Kier alpha value is -2.60. The molecule has 0 aliphatic heterocycles. The maximum absolute atomic E-state index is 12.2. The van der Waals surface area contributed by atoms with Crippen LogP contribution in [-0.4, -0.2) is 24.1 Å². The average Bonchev–Trinajstić information content (AvgIpc) is 2.61. The molecular formula is C19H19NO4S. The Bertz CT molecular complexity index is 767. The molecule has 2 aromatic carbocycles. The van der Waals surface area contributed by atoms with Crippen LogP contribution in [0.2, 0.25) is 0 Å². The number of hydrogen-bond donors (Lipinski definition) is 0. The number of Topliss-reactive ketones (excluding diaryl/α,β-unsaturated/α-hetero) is 1. The Balaban J connectivity index is 2.02. The second-order valence-electron chi connectivity index (χ2n) is 5.12. The van der Waals surface area contributed by atoms with Crippen molar-refractivity contribution in [2.24, 2.45) is 5.16 Å². The highest BCUT2D eigenvalue weighted by Gasteiger charge is 2.11.